The first-order valence-electron chi connectivity index (χ1n) is 10.2. The third kappa shape index (κ3) is 3.90. The van der Waals surface area contributed by atoms with Crippen LogP contribution in [0.3, 0.4) is 0 Å². The Hall–Kier alpha value is -3.99. The lowest BCUT2D eigenvalue weighted by Crippen LogP contribution is -1.92. The quantitative estimate of drug-likeness (QED) is 0.413. The monoisotopic (exact) mass is 406 g/mol. The molecule has 0 bridgehead atoms. The molecule has 0 spiro atoms. The Labute approximate surface area is 180 Å². The molecule has 5 rings (SSSR count). The molecule has 0 aliphatic heterocycles. The Morgan fingerprint density at radius 1 is 0.903 bits per heavy atom. The fourth-order valence-corrected chi connectivity index (χ4v) is 3.81. The summed E-state index contributed by atoms with van der Waals surface area (Å²) in [4.78, 5) is 17.6. The molecule has 0 saturated carbocycles. The highest BCUT2D eigenvalue weighted by Crippen LogP contribution is 2.32. The summed E-state index contributed by atoms with van der Waals surface area (Å²) in [7, 11) is 1.62. The number of methoxy groups -OCH3 is 1. The van der Waals surface area contributed by atoms with E-state index in [1.54, 1.807) is 7.11 Å². The van der Waals surface area contributed by atoms with Crippen molar-refractivity contribution in [3.05, 3.63) is 95.9 Å². The molecule has 1 N–H and O–H groups in total. The summed E-state index contributed by atoms with van der Waals surface area (Å²) in [5.74, 6) is 1.47. The number of pyridine rings is 2. The molecule has 0 atom stereocenters. The molecule has 0 aliphatic carbocycles. The number of aryl methyl sites for hydroxylation is 1. The SMILES string of the molecule is COc1cccc(-c2[nH]c(Cc3cccc(C)c3)nc2-c2ccc3ncccc3c2)n1. The van der Waals surface area contributed by atoms with Crippen LogP contribution in [0.25, 0.3) is 33.5 Å². The average Bonchev–Trinajstić information content (AvgIpc) is 3.22. The van der Waals surface area contributed by atoms with Gasteiger partial charge in [0.1, 0.15) is 5.82 Å². The zero-order valence-electron chi connectivity index (χ0n) is 17.5. The maximum atomic E-state index is 5.34. The Morgan fingerprint density at radius 3 is 2.68 bits per heavy atom. The molecule has 0 radical (unpaired) electrons. The Bertz CT molecular complexity index is 1370. The van der Waals surface area contributed by atoms with Crippen molar-refractivity contribution in [1.29, 1.82) is 0 Å². The van der Waals surface area contributed by atoms with E-state index in [9.17, 15) is 0 Å². The van der Waals surface area contributed by atoms with E-state index in [1.807, 2.05) is 36.5 Å². The fourth-order valence-electron chi connectivity index (χ4n) is 3.81. The fraction of sp³-hybridized carbons (Fsp3) is 0.115. The molecule has 152 valence electrons. The number of rotatable bonds is 5. The van der Waals surface area contributed by atoms with Crippen LogP contribution in [-0.2, 0) is 6.42 Å². The number of aromatic nitrogens is 4. The molecule has 0 unspecified atom stereocenters. The standard InChI is InChI=1S/C26H22N4O/c1-17-6-3-7-18(14-17)15-23-29-25(20-11-12-21-19(16-20)8-5-13-27-21)26(30-23)22-9-4-10-24(28-22)31-2/h3-14,16H,15H2,1-2H3,(H,29,30). The van der Waals surface area contributed by atoms with Crippen molar-refractivity contribution in [3.8, 4) is 28.5 Å². The Kier molecular flexibility index (Phi) is 4.92. The van der Waals surface area contributed by atoms with Crippen molar-refractivity contribution in [1.82, 2.24) is 19.9 Å². The van der Waals surface area contributed by atoms with Gasteiger partial charge in [-0.2, -0.15) is 0 Å². The molecule has 0 fully saturated rings. The predicted octanol–water partition coefficient (Wildman–Crippen LogP) is 5.59. The van der Waals surface area contributed by atoms with Crippen LogP contribution in [0.4, 0.5) is 0 Å². The highest BCUT2D eigenvalue weighted by Gasteiger charge is 2.17. The number of fused-ring (bicyclic) bond motifs is 1. The van der Waals surface area contributed by atoms with E-state index in [0.29, 0.717) is 12.3 Å². The number of hydrogen-bond donors (Lipinski definition) is 1. The Balaban J connectivity index is 1.64. The van der Waals surface area contributed by atoms with E-state index >= 15 is 0 Å². The number of H-pyrrole nitrogens is 1. The molecule has 2 aromatic carbocycles. The van der Waals surface area contributed by atoms with Crippen LogP contribution < -0.4 is 4.74 Å². The molecule has 5 nitrogen and oxygen atoms in total. The smallest absolute Gasteiger partial charge is 0.213 e. The lowest BCUT2D eigenvalue weighted by Gasteiger charge is -2.05. The van der Waals surface area contributed by atoms with E-state index in [2.05, 4.69) is 64.3 Å². The van der Waals surface area contributed by atoms with Gasteiger partial charge in [0.05, 0.1) is 29.7 Å². The van der Waals surface area contributed by atoms with Gasteiger partial charge >= 0.3 is 0 Å². The molecule has 5 heteroatoms. The summed E-state index contributed by atoms with van der Waals surface area (Å²) in [6.07, 6.45) is 2.52. The van der Waals surface area contributed by atoms with Gasteiger partial charge in [-0.05, 0) is 36.8 Å². The molecule has 3 heterocycles. The van der Waals surface area contributed by atoms with E-state index < -0.39 is 0 Å². The lowest BCUT2D eigenvalue weighted by atomic mass is 10.1. The minimum Gasteiger partial charge on any atom is -0.481 e. The maximum absolute atomic E-state index is 5.34. The first-order chi connectivity index (χ1) is 15.2. The lowest BCUT2D eigenvalue weighted by molar-refractivity contribution is 0.398. The van der Waals surface area contributed by atoms with Crippen LogP contribution in [0.5, 0.6) is 5.88 Å². The molecule has 5 aromatic rings. The third-order valence-electron chi connectivity index (χ3n) is 5.27. The van der Waals surface area contributed by atoms with Crippen LogP contribution >= 0.6 is 0 Å². The van der Waals surface area contributed by atoms with Crippen LogP contribution in [0.15, 0.2) is 79.0 Å². The number of nitrogens with zero attached hydrogens (tertiary/aromatic N) is 3. The van der Waals surface area contributed by atoms with E-state index in [-0.39, 0.29) is 0 Å². The molecule has 31 heavy (non-hydrogen) atoms. The molecule has 0 amide bonds. The molecular formula is C26H22N4O. The zero-order chi connectivity index (χ0) is 21.2. The van der Waals surface area contributed by atoms with Gasteiger partial charge in [-0.15, -0.1) is 0 Å². The van der Waals surface area contributed by atoms with Crippen LogP contribution in [-0.4, -0.2) is 27.0 Å². The number of imidazole rings is 1. The van der Waals surface area contributed by atoms with Crippen molar-refractivity contribution >= 4 is 10.9 Å². The number of nitrogens with one attached hydrogen (secondary N) is 1. The van der Waals surface area contributed by atoms with Gasteiger partial charge in [-0.25, -0.2) is 9.97 Å². The second-order valence-corrected chi connectivity index (χ2v) is 7.55. The molecule has 3 aromatic heterocycles. The van der Waals surface area contributed by atoms with Gasteiger partial charge in [0, 0.05) is 29.6 Å². The van der Waals surface area contributed by atoms with Crippen LogP contribution in [0.1, 0.15) is 17.0 Å². The summed E-state index contributed by atoms with van der Waals surface area (Å²) in [5, 5.41) is 1.08. The van der Waals surface area contributed by atoms with Gasteiger partial charge in [0.25, 0.3) is 0 Å². The first kappa shape index (κ1) is 19.0. The topological polar surface area (TPSA) is 63.7 Å². The van der Waals surface area contributed by atoms with Crippen molar-refractivity contribution in [2.45, 2.75) is 13.3 Å². The average molecular weight is 406 g/mol. The molecule has 0 aliphatic rings. The van der Waals surface area contributed by atoms with Crippen molar-refractivity contribution < 1.29 is 4.74 Å². The summed E-state index contributed by atoms with van der Waals surface area (Å²) < 4.78 is 5.34. The second kappa shape index (κ2) is 8.03. The number of ether oxygens (including phenoxy) is 1. The summed E-state index contributed by atoms with van der Waals surface area (Å²) in [5.41, 5.74) is 6.98. The summed E-state index contributed by atoms with van der Waals surface area (Å²) in [6.45, 7) is 2.10. The van der Waals surface area contributed by atoms with Gasteiger partial charge < -0.3 is 9.72 Å². The van der Waals surface area contributed by atoms with Crippen molar-refractivity contribution in [3.63, 3.8) is 0 Å². The van der Waals surface area contributed by atoms with Gasteiger partial charge in [0.15, 0.2) is 0 Å². The second-order valence-electron chi connectivity index (χ2n) is 7.55. The van der Waals surface area contributed by atoms with Crippen LogP contribution in [0, 0.1) is 6.92 Å². The summed E-state index contributed by atoms with van der Waals surface area (Å²) in [6, 6.07) is 24.5. The third-order valence-corrected chi connectivity index (χ3v) is 5.27. The normalized spacial score (nSPS) is 11.0. The van der Waals surface area contributed by atoms with E-state index in [4.69, 9.17) is 9.72 Å². The number of aromatic amines is 1. The largest absolute Gasteiger partial charge is 0.481 e. The van der Waals surface area contributed by atoms with Crippen molar-refractivity contribution in [2.24, 2.45) is 0 Å². The summed E-state index contributed by atoms with van der Waals surface area (Å²) >= 11 is 0. The highest BCUT2D eigenvalue weighted by atomic mass is 16.5. The number of benzene rings is 2. The van der Waals surface area contributed by atoms with E-state index in [1.165, 1.54) is 11.1 Å². The maximum Gasteiger partial charge on any atom is 0.213 e. The zero-order valence-corrected chi connectivity index (χ0v) is 17.5. The number of hydrogen-bond acceptors (Lipinski definition) is 4. The van der Waals surface area contributed by atoms with Gasteiger partial charge in [0.2, 0.25) is 5.88 Å². The minimum absolute atomic E-state index is 0.570. The molecule has 0 saturated heterocycles. The van der Waals surface area contributed by atoms with Crippen molar-refractivity contribution in [2.75, 3.05) is 7.11 Å². The molecular weight excluding hydrogens is 384 g/mol. The highest BCUT2D eigenvalue weighted by molar-refractivity contribution is 5.86. The van der Waals surface area contributed by atoms with Crippen LogP contribution in [0.2, 0.25) is 0 Å². The first-order valence-corrected chi connectivity index (χ1v) is 10.2. The minimum atomic E-state index is 0.570. The van der Waals surface area contributed by atoms with E-state index in [0.717, 1.165) is 39.4 Å². The van der Waals surface area contributed by atoms with Gasteiger partial charge in [-0.3, -0.25) is 4.98 Å². The van der Waals surface area contributed by atoms with Gasteiger partial charge in [-0.1, -0.05) is 48.0 Å². The Morgan fingerprint density at radius 2 is 1.81 bits per heavy atom. The predicted molar refractivity (Wildman–Crippen MR) is 123 cm³/mol.